The number of carbonyl (C=O) groups is 2. The van der Waals surface area contributed by atoms with Gasteiger partial charge in [-0.3, -0.25) is 9.59 Å². The third-order valence-electron chi connectivity index (χ3n) is 6.96. The minimum absolute atomic E-state index is 0. The van der Waals surface area contributed by atoms with Crippen molar-refractivity contribution in [3.63, 3.8) is 0 Å². The van der Waals surface area contributed by atoms with Crippen LogP contribution in [0.4, 0.5) is 0 Å². The first kappa shape index (κ1) is 43.0. The summed E-state index contributed by atoms with van der Waals surface area (Å²) in [5.41, 5.74) is 0. The topological polar surface area (TPSA) is 91.3 Å². The van der Waals surface area contributed by atoms with Gasteiger partial charge in [0, 0.05) is 13.2 Å². The van der Waals surface area contributed by atoms with Crippen molar-refractivity contribution in [2.24, 2.45) is 0 Å². The summed E-state index contributed by atoms with van der Waals surface area (Å²) in [5, 5.41) is 9.87. The van der Waals surface area contributed by atoms with Gasteiger partial charge < -0.3 is 24.1 Å². The maximum absolute atomic E-state index is 11.8. The molecule has 0 atom stereocenters. The SMILES string of the molecule is CCCCCCCCCCCCOCCOC(=O)C[C-](O)CC(=O)OCCOCCCCCCCCCCCC.[Na+]. The molecule has 0 aliphatic carbocycles. The third kappa shape index (κ3) is 35.9. The van der Waals surface area contributed by atoms with Gasteiger partial charge in [0.2, 0.25) is 0 Å². The van der Waals surface area contributed by atoms with Crippen LogP contribution >= 0.6 is 0 Å². The summed E-state index contributed by atoms with van der Waals surface area (Å²) >= 11 is 0. The molecule has 0 saturated heterocycles. The first-order valence-corrected chi connectivity index (χ1v) is 16.6. The van der Waals surface area contributed by atoms with E-state index in [4.69, 9.17) is 18.9 Å². The molecule has 238 valence electrons. The van der Waals surface area contributed by atoms with Gasteiger partial charge in [-0.05, 0) is 12.8 Å². The van der Waals surface area contributed by atoms with Crippen molar-refractivity contribution in [1.82, 2.24) is 0 Å². The van der Waals surface area contributed by atoms with E-state index in [1.54, 1.807) is 0 Å². The monoisotopic (exact) mass is 594 g/mol. The molecule has 0 heterocycles. The Balaban J connectivity index is 0. The molecule has 7 nitrogen and oxygen atoms in total. The molecule has 0 fully saturated rings. The number of aliphatic hydroxyl groups is 1. The van der Waals surface area contributed by atoms with E-state index >= 15 is 0 Å². The molecule has 0 bridgehead atoms. The van der Waals surface area contributed by atoms with Gasteiger partial charge in [0.1, 0.15) is 13.2 Å². The Morgan fingerprint density at radius 1 is 0.463 bits per heavy atom. The molecule has 0 aliphatic heterocycles. The number of hydrogen-bond acceptors (Lipinski definition) is 7. The number of hydrogen-bond donors (Lipinski definition) is 1. The standard InChI is InChI=1S/C33H63O7.Na/c1-3-5-7-9-11-13-15-17-19-21-23-37-25-27-39-32(35)29-31(34)30-33(36)40-28-26-38-24-22-20-18-16-14-12-10-8-6-4-2;/h34H,3-30H2,1-2H3;/q-1;+1. The van der Waals surface area contributed by atoms with Crippen LogP contribution in [0.25, 0.3) is 0 Å². The molecule has 0 amide bonds. The predicted molar refractivity (Wildman–Crippen MR) is 162 cm³/mol. The number of rotatable bonds is 32. The molecule has 41 heavy (non-hydrogen) atoms. The average molecular weight is 595 g/mol. The van der Waals surface area contributed by atoms with Crippen molar-refractivity contribution < 1.29 is 63.2 Å². The smallest absolute Gasteiger partial charge is 0.562 e. The van der Waals surface area contributed by atoms with Gasteiger partial charge in [0.05, 0.1) is 13.2 Å². The first-order valence-electron chi connectivity index (χ1n) is 16.6. The third-order valence-corrected chi connectivity index (χ3v) is 6.96. The summed E-state index contributed by atoms with van der Waals surface area (Å²) < 4.78 is 21.1. The van der Waals surface area contributed by atoms with Crippen LogP contribution in [-0.2, 0) is 28.5 Å². The van der Waals surface area contributed by atoms with Crippen molar-refractivity contribution in [3.8, 4) is 0 Å². The molecule has 0 saturated carbocycles. The fourth-order valence-electron chi connectivity index (χ4n) is 4.51. The van der Waals surface area contributed by atoms with Crippen LogP contribution in [0.15, 0.2) is 0 Å². The zero-order chi connectivity index (χ0) is 29.4. The molecule has 0 aromatic carbocycles. The number of unbranched alkanes of at least 4 members (excludes halogenated alkanes) is 18. The van der Waals surface area contributed by atoms with Crippen LogP contribution < -0.4 is 29.6 Å². The zero-order valence-electron chi connectivity index (χ0n) is 27.2. The van der Waals surface area contributed by atoms with Crippen LogP contribution in [0.3, 0.4) is 0 Å². The molecular formula is C33H63NaO7. The summed E-state index contributed by atoms with van der Waals surface area (Å²) in [6.07, 6.45) is 24.7. The Morgan fingerprint density at radius 2 is 0.756 bits per heavy atom. The Morgan fingerprint density at radius 3 is 1.07 bits per heavy atom. The second-order valence-electron chi connectivity index (χ2n) is 10.9. The molecule has 0 rings (SSSR count). The van der Waals surface area contributed by atoms with E-state index in [0.29, 0.717) is 26.4 Å². The molecule has 0 spiro atoms. The van der Waals surface area contributed by atoms with Gasteiger partial charge in [-0.15, -0.1) is 0 Å². The minimum atomic E-state index is -0.576. The van der Waals surface area contributed by atoms with Gasteiger partial charge in [-0.25, -0.2) is 0 Å². The molecule has 0 aliphatic rings. The van der Waals surface area contributed by atoms with E-state index in [2.05, 4.69) is 13.8 Å². The van der Waals surface area contributed by atoms with Gasteiger partial charge >= 0.3 is 29.6 Å². The summed E-state index contributed by atoms with van der Waals surface area (Å²) in [5.74, 6) is -1.15. The van der Waals surface area contributed by atoms with E-state index < -0.39 is 11.9 Å². The molecule has 8 heteroatoms. The fraction of sp³-hybridized carbons (Fsp3) is 0.909. The van der Waals surface area contributed by atoms with E-state index in [0.717, 1.165) is 12.8 Å². The van der Waals surface area contributed by atoms with Crippen LogP contribution in [0.1, 0.15) is 155 Å². The van der Waals surface area contributed by atoms with Crippen molar-refractivity contribution in [3.05, 3.63) is 6.10 Å². The number of carbonyl (C=O) groups excluding carboxylic acids is 2. The number of esters is 2. The first-order chi connectivity index (χ1) is 19.6. The van der Waals surface area contributed by atoms with Gasteiger partial charge in [0.15, 0.2) is 0 Å². The van der Waals surface area contributed by atoms with Gasteiger partial charge in [0.25, 0.3) is 11.9 Å². The predicted octanol–water partition coefficient (Wildman–Crippen LogP) is 5.64. The second-order valence-corrected chi connectivity index (χ2v) is 10.9. The Labute approximate surface area is 274 Å². The average Bonchev–Trinajstić information content (AvgIpc) is 2.93. The van der Waals surface area contributed by atoms with E-state index in [9.17, 15) is 14.7 Å². The summed E-state index contributed by atoms with van der Waals surface area (Å²) in [6.45, 7) is 6.79. The molecule has 0 unspecified atom stereocenters. The fourth-order valence-corrected chi connectivity index (χ4v) is 4.51. The Bertz CT molecular complexity index is 502. The van der Waals surface area contributed by atoms with Crippen LogP contribution in [0, 0.1) is 6.10 Å². The van der Waals surface area contributed by atoms with Gasteiger partial charge in [-0.1, -0.05) is 142 Å². The normalized spacial score (nSPS) is 11.0. The quantitative estimate of drug-likeness (QED) is 0.0467. The number of ether oxygens (including phenoxy) is 4. The van der Waals surface area contributed by atoms with Gasteiger partial charge in [-0.2, -0.15) is 6.10 Å². The maximum atomic E-state index is 11.8. The van der Waals surface area contributed by atoms with Crippen molar-refractivity contribution in [2.45, 2.75) is 155 Å². The Hall–Kier alpha value is -0.180. The molecular weight excluding hydrogens is 531 g/mol. The second kappa shape index (κ2) is 36.0. The minimum Gasteiger partial charge on any atom is -0.562 e. The van der Waals surface area contributed by atoms with Crippen LogP contribution in [-0.4, -0.2) is 56.7 Å². The summed E-state index contributed by atoms with van der Waals surface area (Å²) in [7, 11) is 0. The summed E-state index contributed by atoms with van der Waals surface area (Å²) in [4.78, 5) is 23.6. The molecule has 1 N–H and O–H groups in total. The van der Waals surface area contributed by atoms with E-state index in [1.165, 1.54) is 116 Å². The van der Waals surface area contributed by atoms with Crippen LogP contribution in [0.5, 0.6) is 0 Å². The zero-order valence-corrected chi connectivity index (χ0v) is 29.2. The summed E-state index contributed by atoms with van der Waals surface area (Å²) in [6, 6.07) is 0. The largest absolute Gasteiger partial charge is 1.00 e. The number of aliphatic hydroxyl groups excluding tert-OH is 1. The van der Waals surface area contributed by atoms with Crippen LogP contribution in [0.2, 0.25) is 0 Å². The van der Waals surface area contributed by atoms with Crippen molar-refractivity contribution >= 4 is 11.9 Å². The maximum Gasteiger partial charge on any atom is 1.00 e. The van der Waals surface area contributed by atoms with E-state index in [1.807, 2.05) is 0 Å². The Kier molecular flexibility index (Phi) is 37.7. The molecule has 0 aromatic rings. The van der Waals surface area contributed by atoms with Crippen molar-refractivity contribution in [2.75, 3.05) is 39.6 Å². The molecule has 0 radical (unpaired) electrons. The van der Waals surface area contributed by atoms with Crippen molar-refractivity contribution in [1.29, 1.82) is 0 Å². The molecule has 0 aromatic heterocycles. The van der Waals surface area contributed by atoms with E-state index in [-0.39, 0.29) is 61.7 Å².